The summed E-state index contributed by atoms with van der Waals surface area (Å²) in [7, 11) is 0. The zero-order chi connectivity index (χ0) is 13.8. The number of amides is 1. The molecule has 1 fully saturated rings. The first kappa shape index (κ1) is 14.5. The van der Waals surface area contributed by atoms with Crippen LogP contribution in [-0.2, 0) is 0 Å². The molecule has 0 heterocycles. The molecule has 2 atom stereocenters. The maximum absolute atomic E-state index is 12.3. The van der Waals surface area contributed by atoms with Crippen molar-refractivity contribution < 1.29 is 4.79 Å². The van der Waals surface area contributed by atoms with Gasteiger partial charge < -0.3 is 11.1 Å². The molecule has 1 aromatic rings. The zero-order valence-corrected chi connectivity index (χ0v) is 12.9. The maximum Gasteiger partial charge on any atom is 0.251 e. The largest absolute Gasteiger partial charge is 0.348 e. The van der Waals surface area contributed by atoms with Crippen LogP contribution in [-0.4, -0.2) is 18.0 Å². The van der Waals surface area contributed by atoms with Crippen molar-refractivity contribution in [2.75, 3.05) is 0 Å². The van der Waals surface area contributed by atoms with Gasteiger partial charge in [-0.3, -0.25) is 4.79 Å². The lowest BCUT2D eigenvalue weighted by Gasteiger charge is -2.22. The summed E-state index contributed by atoms with van der Waals surface area (Å²) in [5.41, 5.74) is 7.91. The molecule has 3 nitrogen and oxygen atoms in total. The average Bonchev–Trinajstić information content (AvgIpc) is 2.54. The molecule has 0 spiro atoms. The fourth-order valence-electron chi connectivity index (χ4n) is 2.63. The predicted octanol–water partition coefficient (Wildman–Crippen LogP) is 3.15. The Labute approximate surface area is 123 Å². The van der Waals surface area contributed by atoms with Gasteiger partial charge in [0.15, 0.2) is 0 Å². The quantitative estimate of drug-likeness (QED) is 0.821. The second-order valence-corrected chi connectivity index (χ2v) is 6.31. The van der Waals surface area contributed by atoms with Crippen LogP contribution in [0.1, 0.15) is 48.0 Å². The molecule has 2 rings (SSSR count). The van der Waals surface area contributed by atoms with Crippen molar-refractivity contribution in [1.29, 1.82) is 0 Å². The second kappa shape index (κ2) is 6.53. The summed E-state index contributed by atoms with van der Waals surface area (Å²) in [5, 5.41) is 3.09. The first-order valence-electron chi connectivity index (χ1n) is 6.90. The number of hydrogen-bond donors (Lipinski definition) is 2. The van der Waals surface area contributed by atoms with Crippen molar-refractivity contribution in [3.63, 3.8) is 0 Å². The van der Waals surface area contributed by atoms with Gasteiger partial charge in [-0.05, 0) is 43.5 Å². The number of nitrogens with one attached hydrogen (secondary N) is 1. The van der Waals surface area contributed by atoms with E-state index in [1.54, 1.807) is 0 Å². The van der Waals surface area contributed by atoms with Crippen LogP contribution in [0.2, 0.25) is 0 Å². The smallest absolute Gasteiger partial charge is 0.251 e. The zero-order valence-electron chi connectivity index (χ0n) is 11.3. The van der Waals surface area contributed by atoms with Crippen molar-refractivity contribution in [2.24, 2.45) is 5.73 Å². The van der Waals surface area contributed by atoms with E-state index in [-0.39, 0.29) is 18.0 Å². The Balaban J connectivity index is 2.07. The van der Waals surface area contributed by atoms with Gasteiger partial charge in [-0.25, -0.2) is 0 Å². The highest BCUT2D eigenvalue weighted by atomic mass is 79.9. The third-order valence-electron chi connectivity index (χ3n) is 3.69. The molecule has 104 valence electrons. The standard InChI is InChI=1S/C15H21BrN2O/c1-10-7-11(9-12(16)8-10)15(19)18-14-6-4-2-3-5-13(14)17/h7-9,13-14H,2-6,17H2,1H3,(H,18,19). The van der Waals surface area contributed by atoms with Gasteiger partial charge in [0.05, 0.1) is 0 Å². The van der Waals surface area contributed by atoms with Crippen LogP contribution >= 0.6 is 15.9 Å². The van der Waals surface area contributed by atoms with E-state index < -0.39 is 0 Å². The topological polar surface area (TPSA) is 55.1 Å². The molecule has 1 aliphatic carbocycles. The van der Waals surface area contributed by atoms with Gasteiger partial charge in [0.25, 0.3) is 5.91 Å². The lowest BCUT2D eigenvalue weighted by molar-refractivity contribution is 0.0928. The minimum atomic E-state index is -0.0215. The van der Waals surface area contributed by atoms with E-state index >= 15 is 0 Å². The van der Waals surface area contributed by atoms with Gasteiger partial charge in [0.1, 0.15) is 0 Å². The van der Waals surface area contributed by atoms with E-state index in [4.69, 9.17) is 5.73 Å². The Morgan fingerprint density at radius 2 is 2.00 bits per heavy atom. The van der Waals surface area contributed by atoms with Gasteiger partial charge in [0.2, 0.25) is 0 Å². The summed E-state index contributed by atoms with van der Waals surface area (Å²) in [6.45, 7) is 1.99. The summed E-state index contributed by atoms with van der Waals surface area (Å²) >= 11 is 3.43. The molecule has 1 amide bonds. The molecule has 2 unspecified atom stereocenters. The third-order valence-corrected chi connectivity index (χ3v) is 4.15. The molecule has 0 bridgehead atoms. The third kappa shape index (κ3) is 4.05. The lowest BCUT2D eigenvalue weighted by atomic mass is 10.0. The molecule has 1 saturated carbocycles. The van der Waals surface area contributed by atoms with Gasteiger partial charge >= 0.3 is 0 Å². The van der Waals surface area contributed by atoms with Crippen LogP contribution in [0.3, 0.4) is 0 Å². The van der Waals surface area contributed by atoms with E-state index in [2.05, 4.69) is 21.2 Å². The number of hydrogen-bond acceptors (Lipinski definition) is 2. The Bertz CT molecular complexity index is 441. The number of rotatable bonds is 2. The monoisotopic (exact) mass is 324 g/mol. The van der Waals surface area contributed by atoms with Crippen LogP contribution in [0, 0.1) is 6.92 Å². The molecule has 0 aromatic heterocycles. The van der Waals surface area contributed by atoms with Crippen LogP contribution in [0.25, 0.3) is 0 Å². The van der Waals surface area contributed by atoms with E-state index in [1.165, 1.54) is 12.8 Å². The molecular formula is C15H21BrN2O. The van der Waals surface area contributed by atoms with Crippen molar-refractivity contribution in [2.45, 2.75) is 51.1 Å². The van der Waals surface area contributed by atoms with Crippen LogP contribution < -0.4 is 11.1 Å². The Hall–Kier alpha value is -0.870. The van der Waals surface area contributed by atoms with Crippen molar-refractivity contribution >= 4 is 21.8 Å². The van der Waals surface area contributed by atoms with E-state index in [0.29, 0.717) is 5.56 Å². The van der Waals surface area contributed by atoms with Crippen LogP contribution in [0.5, 0.6) is 0 Å². The van der Waals surface area contributed by atoms with E-state index in [1.807, 2.05) is 25.1 Å². The second-order valence-electron chi connectivity index (χ2n) is 5.40. The van der Waals surface area contributed by atoms with Crippen molar-refractivity contribution in [1.82, 2.24) is 5.32 Å². The number of carbonyl (C=O) groups is 1. The molecule has 1 aliphatic rings. The summed E-state index contributed by atoms with van der Waals surface area (Å²) in [6.07, 6.45) is 5.53. The summed E-state index contributed by atoms with van der Waals surface area (Å²) in [4.78, 5) is 12.3. The summed E-state index contributed by atoms with van der Waals surface area (Å²) < 4.78 is 0.933. The molecule has 0 radical (unpaired) electrons. The highest BCUT2D eigenvalue weighted by Gasteiger charge is 2.22. The molecule has 0 saturated heterocycles. The Morgan fingerprint density at radius 1 is 1.26 bits per heavy atom. The molecular weight excluding hydrogens is 304 g/mol. The molecule has 4 heteroatoms. The van der Waals surface area contributed by atoms with Crippen LogP contribution in [0.4, 0.5) is 0 Å². The highest BCUT2D eigenvalue weighted by molar-refractivity contribution is 9.10. The van der Waals surface area contributed by atoms with Gasteiger partial charge in [0, 0.05) is 22.1 Å². The fourth-order valence-corrected chi connectivity index (χ4v) is 3.24. The number of carbonyl (C=O) groups excluding carboxylic acids is 1. The minimum Gasteiger partial charge on any atom is -0.348 e. The normalized spacial score (nSPS) is 23.7. The first-order valence-corrected chi connectivity index (χ1v) is 7.69. The number of nitrogens with two attached hydrogens (primary N) is 1. The Morgan fingerprint density at radius 3 is 2.74 bits per heavy atom. The maximum atomic E-state index is 12.3. The SMILES string of the molecule is Cc1cc(Br)cc(C(=O)NC2CCCCCC2N)c1. The van der Waals surface area contributed by atoms with Crippen LogP contribution in [0.15, 0.2) is 22.7 Å². The number of aryl methyl sites for hydroxylation is 1. The minimum absolute atomic E-state index is 0.0215. The van der Waals surface area contributed by atoms with Crippen molar-refractivity contribution in [3.05, 3.63) is 33.8 Å². The highest BCUT2D eigenvalue weighted by Crippen LogP contribution is 2.19. The molecule has 3 N–H and O–H groups in total. The number of benzene rings is 1. The molecule has 0 aliphatic heterocycles. The summed E-state index contributed by atoms with van der Waals surface area (Å²) in [5.74, 6) is -0.0215. The van der Waals surface area contributed by atoms with E-state index in [0.717, 1.165) is 29.3 Å². The van der Waals surface area contributed by atoms with Gasteiger partial charge in [-0.15, -0.1) is 0 Å². The van der Waals surface area contributed by atoms with E-state index in [9.17, 15) is 4.79 Å². The lowest BCUT2D eigenvalue weighted by Crippen LogP contribution is -2.46. The first-order chi connectivity index (χ1) is 9.06. The van der Waals surface area contributed by atoms with Crippen molar-refractivity contribution in [3.8, 4) is 0 Å². The predicted molar refractivity (Wildman–Crippen MR) is 81.2 cm³/mol. The molecule has 19 heavy (non-hydrogen) atoms. The number of halogens is 1. The van der Waals surface area contributed by atoms with Gasteiger partial charge in [-0.2, -0.15) is 0 Å². The average molecular weight is 325 g/mol. The fraction of sp³-hybridized carbons (Fsp3) is 0.533. The molecule has 1 aromatic carbocycles. The Kier molecular flexibility index (Phi) is 4.99. The summed E-state index contributed by atoms with van der Waals surface area (Å²) in [6, 6.07) is 5.94. The van der Waals surface area contributed by atoms with Gasteiger partial charge in [-0.1, -0.05) is 35.2 Å².